The predicted octanol–water partition coefficient (Wildman–Crippen LogP) is -5.87. The van der Waals surface area contributed by atoms with Gasteiger partial charge in [0, 0.05) is 0 Å². The molecule has 33 heavy (non-hydrogen) atoms. The molecule has 13 N–H and O–H groups in total. The Labute approximate surface area is 189 Å². The molecule has 1 unspecified atom stereocenters. The van der Waals surface area contributed by atoms with Gasteiger partial charge in [-0.15, -0.1) is 0 Å². The van der Waals surface area contributed by atoms with E-state index >= 15 is 0 Å². The van der Waals surface area contributed by atoms with Crippen molar-refractivity contribution in [3.05, 3.63) is 0 Å². The minimum absolute atomic E-state index is 0.520. The number of carbonyl (C=O) groups is 1. The number of aliphatic hydroxyl groups excluding tert-OH is 8. The molecule has 0 amide bonds. The van der Waals surface area contributed by atoms with Crippen molar-refractivity contribution < 1.29 is 65.0 Å². The third-order valence-electron chi connectivity index (χ3n) is 5.36. The predicted molar refractivity (Wildman–Crippen MR) is 107 cm³/mol. The van der Waals surface area contributed by atoms with E-state index in [-0.39, 0.29) is 0 Å². The van der Waals surface area contributed by atoms with Crippen LogP contribution in [0.1, 0.15) is 19.3 Å². The van der Waals surface area contributed by atoms with Crippen molar-refractivity contribution in [1.82, 2.24) is 0 Å². The second-order valence-corrected chi connectivity index (χ2v) is 7.79. The lowest BCUT2D eigenvalue weighted by Crippen LogP contribution is -2.62. The summed E-state index contributed by atoms with van der Waals surface area (Å²) in [5, 5.41) is 85.0. The van der Waals surface area contributed by atoms with E-state index in [0.29, 0.717) is 13.0 Å². The average molecular weight is 488 g/mol. The van der Waals surface area contributed by atoms with Crippen LogP contribution in [0, 0.1) is 0 Å². The van der Waals surface area contributed by atoms with Crippen LogP contribution in [0.15, 0.2) is 0 Å². The zero-order valence-corrected chi connectivity index (χ0v) is 18.0. The van der Waals surface area contributed by atoms with Gasteiger partial charge in [-0.05, 0) is 19.4 Å². The lowest BCUT2D eigenvalue weighted by Gasteiger charge is -2.43. The van der Waals surface area contributed by atoms with E-state index in [1.165, 1.54) is 0 Å². The highest BCUT2D eigenvalue weighted by molar-refractivity contribution is 5.72. The molecule has 196 valence electrons. The van der Waals surface area contributed by atoms with Gasteiger partial charge in [-0.2, -0.15) is 0 Å². The zero-order valence-electron chi connectivity index (χ0n) is 18.0. The molecule has 0 aliphatic carbocycles. The third-order valence-corrected chi connectivity index (χ3v) is 5.36. The molecular weight excluding hydrogens is 452 g/mol. The molecule has 0 radical (unpaired) electrons. The van der Waals surface area contributed by atoms with Crippen molar-refractivity contribution in [2.75, 3.05) is 26.4 Å². The maximum absolute atomic E-state index is 10.1. The van der Waals surface area contributed by atoms with Crippen molar-refractivity contribution >= 4 is 5.97 Å². The summed E-state index contributed by atoms with van der Waals surface area (Å²) < 4.78 is 15.4. The number of hydrogen-bond acceptors (Lipinski definition) is 14. The molecule has 0 aromatic rings. The van der Waals surface area contributed by atoms with Crippen LogP contribution in [-0.4, -0.2) is 139 Å². The summed E-state index contributed by atoms with van der Waals surface area (Å²) in [6.45, 7) is -1.72. The molecule has 2 aliphatic heterocycles. The molecule has 2 saturated heterocycles. The van der Waals surface area contributed by atoms with Gasteiger partial charge in [0.2, 0.25) is 5.79 Å². The van der Waals surface area contributed by atoms with Crippen molar-refractivity contribution in [3.63, 3.8) is 0 Å². The molecule has 2 fully saturated rings. The maximum Gasteiger partial charge on any atom is 0.320 e. The van der Waals surface area contributed by atoms with E-state index in [4.69, 9.17) is 41.0 Å². The van der Waals surface area contributed by atoms with E-state index < -0.39 is 86.6 Å². The lowest BCUT2D eigenvalue weighted by molar-refractivity contribution is -0.383. The Balaban J connectivity index is 0.000000461. The molecular formula is C18H36N2O13. The molecule has 15 heteroatoms. The van der Waals surface area contributed by atoms with Crippen LogP contribution < -0.4 is 11.5 Å². The van der Waals surface area contributed by atoms with Crippen LogP contribution in [0.2, 0.25) is 0 Å². The first kappa shape index (κ1) is 30.0. The van der Waals surface area contributed by atoms with Gasteiger partial charge in [-0.1, -0.05) is 6.42 Å². The lowest BCUT2D eigenvalue weighted by atomic mass is 9.99. The monoisotopic (exact) mass is 488 g/mol. The normalized spacial score (nSPS) is 39.6. The van der Waals surface area contributed by atoms with Gasteiger partial charge >= 0.3 is 5.97 Å². The van der Waals surface area contributed by atoms with Crippen LogP contribution in [0.25, 0.3) is 0 Å². The molecule has 0 bridgehead atoms. The molecule has 0 aromatic heterocycles. The number of unbranched alkanes of at least 4 members (excludes halogenated alkanes) is 1. The van der Waals surface area contributed by atoms with Crippen LogP contribution in [0.5, 0.6) is 0 Å². The summed E-state index contributed by atoms with van der Waals surface area (Å²) >= 11 is 0. The van der Waals surface area contributed by atoms with Crippen molar-refractivity contribution in [3.8, 4) is 0 Å². The minimum Gasteiger partial charge on any atom is -0.480 e. The quantitative estimate of drug-likeness (QED) is 0.128. The first-order chi connectivity index (χ1) is 15.5. The number of aliphatic carboxylic acids is 1. The largest absolute Gasteiger partial charge is 0.480 e. The number of carboxylic acids is 1. The highest BCUT2D eigenvalue weighted by atomic mass is 16.8. The summed E-state index contributed by atoms with van der Waals surface area (Å²) in [6, 6.07) is -0.716. The SMILES string of the molecule is NCCCCC(N)C(=O)O.OC[C@H]1O[C@@](CO)(O[C@H]2O[C@H](CO)[C@@H](O)[C@H](O)[C@H]2O)[C@@H](O)[C@@H]1O. The molecule has 2 aliphatic rings. The molecule has 2 rings (SSSR count). The van der Waals surface area contributed by atoms with Gasteiger partial charge in [-0.3, -0.25) is 4.79 Å². The molecule has 2 heterocycles. The first-order valence-electron chi connectivity index (χ1n) is 10.4. The molecule has 0 spiro atoms. The Kier molecular flexibility index (Phi) is 12.5. The average Bonchev–Trinajstić information content (AvgIpc) is 3.04. The van der Waals surface area contributed by atoms with E-state index in [0.717, 1.165) is 12.8 Å². The summed E-state index contributed by atoms with van der Waals surface area (Å²) in [7, 11) is 0. The van der Waals surface area contributed by atoms with E-state index in [2.05, 4.69) is 0 Å². The van der Waals surface area contributed by atoms with Crippen molar-refractivity contribution in [2.45, 2.75) is 80.1 Å². The fraction of sp³-hybridized carbons (Fsp3) is 0.944. The Morgan fingerprint density at radius 2 is 1.55 bits per heavy atom. The van der Waals surface area contributed by atoms with Crippen LogP contribution >= 0.6 is 0 Å². The summed E-state index contributed by atoms with van der Waals surface area (Å²) in [6.07, 6.45) is -10.5. The third kappa shape index (κ3) is 7.46. The highest BCUT2D eigenvalue weighted by Gasteiger charge is 2.58. The van der Waals surface area contributed by atoms with Gasteiger partial charge in [0.15, 0.2) is 6.29 Å². The zero-order chi connectivity index (χ0) is 25.3. The van der Waals surface area contributed by atoms with Gasteiger partial charge in [0.1, 0.15) is 55.4 Å². The second kappa shape index (κ2) is 13.7. The highest BCUT2D eigenvalue weighted by Crippen LogP contribution is 2.35. The number of hydrogen-bond donors (Lipinski definition) is 11. The summed E-state index contributed by atoms with van der Waals surface area (Å²) in [5.74, 6) is -3.16. The number of ether oxygens (including phenoxy) is 3. The Morgan fingerprint density at radius 3 is 2.00 bits per heavy atom. The smallest absolute Gasteiger partial charge is 0.320 e. The fourth-order valence-electron chi connectivity index (χ4n) is 3.26. The molecule has 10 atom stereocenters. The Morgan fingerprint density at radius 1 is 0.939 bits per heavy atom. The van der Waals surface area contributed by atoms with Gasteiger partial charge < -0.3 is 71.6 Å². The van der Waals surface area contributed by atoms with Gasteiger partial charge in [-0.25, -0.2) is 0 Å². The number of aliphatic hydroxyl groups is 8. The number of rotatable bonds is 10. The molecule has 0 saturated carbocycles. The Bertz CT molecular complexity index is 586. The molecule has 0 aromatic carbocycles. The van der Waals surface area contributed by atoms with E-state index in [1.54, 1.807) is 0 Å². The summed E-state index contributed by atoms with van der Waals surface area (Å²) in [5.41, 5.74) is 10.4. The maximum atomic E-state index is 10.1. The van der Waals surface area contributed by atoms with Crippen molar-refractivity contribution in [1.29, 1.82) is 0 Å². The molecule has 15 nitrogen and oxygen atoms in total. The fourth-order valence-corrected chi connectivity index (χ4v) is 3.26. The summed E-state index contributed by atoms with van der Waals surface area (Å²) in [4.78, 5) is 10.1. The van der Waals surface area contributed by atoms with E-state index in [9.17, 15) is 35.4 Å². The van der Waals surface area contributed by atoms with Crippen LogP contribution in [-0.2, 0) is 19.0 Å². The van der Waals surface area contributed by atoms with Crippen LogP contribution in [0.3, 0.4) is 0 Å². The Hall–Kier alpha value is -1.05. The van der Waals surface area contributed by atoms with E-state index in [1.807, 2.05) is 0 Å². The van der Waals surface area contributed by atoms with Crippen LogP contribution in [0.4, 0.5) is 0 Å². The standard InChI is InChI=1S/C12H22O11.C6H14N2O2/c13-1-4-6(16)8(18)9(19)11(21-4)23-12(3-15)10(20)7(17)5(2-14)22-12;7-4-2-1-3-5(8)6(9)10/h4-11,13-20H,1-3H2;5H,1-4,7-8H2,(H,9,10)/t4-,5-,6-,7-,8+,9-,10+,11-,12+;/m1./s1. The van der Waals surface area contributed by atoms with Gasteiger partial charge in [0.25, 0.3) is 0 Å². The van der Waals surface area contributed by atoms with Gasteiger partial charge in [0.05, 0.1) is 13.2 Å². The topological polar surface area (TPSA) is 279 Å². The number of nitrogens with two attached hydrogens (primary N) is 2. The van der Waals surface area contributed by atoms with Crippen molar-refractivity contribution in [2.24, 2.45) is 11.5 Å². The second-order valence-electron chi connectivity index (χ2n) is 7.79. The minimum atomic E-state index is -2.22. The number of carboxylic acid groups (broad SMARTS) is 1. The first-order valence-corrected chi connectivity index (χ1v) is 10.4.